The van der Waals surface area contributed by atoms with Crippen molar-refractivity contribution in [2.45, 2.75) is 289 Å². The number of carbonyl (C=O) groups excluding carboxylic acids is 3. The summed E-state index contributed by atoms with van der Waals surface area (Å²) in [5, 5.41) is 31.5. The Balaban J connectivity index is 2.69. The normalized spacial score (nSPS) is 18.7. The molecule has 1 aliphatic rings. The first-order chi connectivity index (χ1) is 36.6. The van der Waals surface area contributed by atoms with E-state index in [1.54, 1.807) is 6.08 Å². The molecule has 430 valence electrons. The predicted molar refractivity (Wildman–Crippen MR) is 303 cm³/mol. The van der Waals surface area contributed by atoms with E-state index in [0.717, 1.165) is 89.9 Å². The molecule has 0 spiro atoms. The van der Waals surface area contributed by atoms with Crippen LogP contribution in [0.2, 0.25) is 0 Å². The van der Waals surface area contributed by atoms with E-state index < -0.39 is 67.3 Å². The zero-order chi connectivity index (χ0) is 54.7. The summed E-state index contributed by atoms with van der Waals surface area (Å²) >= 11 is 0. The van der Waals surface area contributed by atoms with Gasteiger partial charge in [0.1, 0.15) is 18.8 Å². The first-order valence-electron chi connectivity index (χ1n) is 29.9. The molecule has 1 fully saturated rings. The van der Waals surface area contributed by atoms with Gasteiger partial charge in [-0.25, -0.2) is 4.79 Å². The summed E-state index contributed by atoms with van der Waals surface area (Å²) < 4.78 is 28.3. The van der Waals surface area contributed by atoms with Gasteiger partial charge in [0.25, 0.3) is 0 Å². The highest BCUT2D eigenvalue weighted by molar-refractivity contribution is 5.74. The lowest BCUT2D eigenvalue weighted by Gasteiger charge is -2.40. The molecule has 6 atom stereocenters. The lowest BCUT2D eigenvalue weighted by Crippen LogP contribution is -2.61. The third-order valence-electron chi connectivity index (χ3n) is 13.3. The van der Waals surface area contributed by atoms with Crippen molar-refractivity contribution in [3.8, 4) is 0 Å². The zero-order valence-electron chi connectivity index (χ0n) is 47.3. The number of allylic oxidation sites excluding steroid dienone is 11. The number of rotatable bonds is 50. The number of ether oxygens (including phenoxy) is 5. The summed E-state index contributed by atoms with van der Waals surface area (Å²) in [6.07, 6.45) is 52.0. The Labute approximate surface area is 455 Å². The molecule has 3 N–H and O–H groups in total. The van der Waals surface area contributed by atoms with Gasteiger partial charge in [0.2, 0.25) is 0 Å². The van der Waals surface area contributed by atoms with Crippen molar-refractivity contribution in [2.24, 2.45) is 0 Å². The van der Waals surface area contributed by atoms with Crippen molar-refractivity contribution in [1.82, 2.24) is 0 Å². The third-order valence-corrected chi connectivity index (χ3v) is 13.3. The molecule has 0 amide bonds. The third kappa shape index (κ3) is 41.0. The van der Waals surface area contributed by atoms with Crippen LogP contribution in [0.5, 0.6) is 0 Å². The number of unbranched alkanes of at least 4 members (excludes halogenated alkanes) is 25. The minimum absolute atomic E-state index is 0.0166. The molecule has 0 bridgehead atoms. The molecule has 12 heteroatoms. The molecule has 0 aliphatic carbocycles. The number of carboxylic acid groups (broad SMARTS) is 1. The van der Waals surface area contributed by atoms with E-state index in [9.17, 15) is 34.5 Å². The fourth-order valence-corrected chi connectivity index (χ4v) is 8.72. The molecular formula is C63H106O12. The van der Waals surface area contributed by atoms with Gasteiger partial charge in [0.15, 0.2) is 24.6 Å². The van der Waals surface area contributed by atoms with Gasteiger partial charge < -0.3 is 39.0 Å². The molecular weight excluding hydrogens is 949 g/mol. The van der Waals surface area contributed by atoms with Gasteiger partial charge in [0.05, 0.1) is 13.0 Å². The van der Waals surface area contributed by atoms with E-state index in [4.69, 9.17) is 23.7 Å². The number of esters is 3. The van der Waals surface area contributed by atoms with Crippen molar-refractivity contribution in [1.29, 1.82) is 0 Å². The molecule has 0 aromatic rings. The summed E-state index contributed by atoms with van der Waals surface area (Å²) in [6, 6.07) is 0. The molecule has 0 aromatic heterocycles. The van der Waals surface area contributed by atoms with E-state index in [-0.39, 0.29) is 25.9 Å². The van der Waals surface area contributed by atoms with Crippen molar-refractivity contribution in [3.05, 3.63) is 72.9 Å². The van der Waals surface area contributed by atoms with Crippen LogP contribution in [0.15, 0.2) is 72.9 Å². The number of carbonyl (C=O) groups is 4. The van der Waals surface area contributed by atoms with Crippen molar-refractivity contribution < 1.29 is 58.2 Å². The number of aliphatic hydroxyl groups excluding tert-OH is 2. The minimum atomic E-state index is -1.91. The Bertz CT molecular complexity index is 1580. The molecule has 1 rings (SSSR count). The highest BCUT2D eigenvalue weighted by Crippen LogP contribution is 2.26. The second kappa shape index (κ2) is 50.9. The molecule has 0 saturated carbocycles. The molecule has 1 aliphatic heterocycles. The van der Waals surface area contributed by atoms with E-state index in [2.05, 4.69) is 75.5 Å². The van der Waals surface area contributed by atoms with Crippen LogP contribution in [0.1, 0.15) is 252 Å². The maximum Gasteiger partial charge on any atom is 0.335 e. The maximum atomic E-state index is 13.1. The van der Waals surface area contributed by atoms with Gasteiger partial charge in [-0.2, -0.15) is 0 Å². The summed E-state index contributed by atoms with van der Waals surface area (Å²) in [5.41, 5.74) is 0. The number of carboxylic acids is 1. The van der Waals surface area contributed by atoms with Crippen molar-refractivity contribution in [3.63, 3.8) is 0 Å². The molecule has 75 heavy (non-hydrogen) atoms. The van der Waals surface area contributed by atoms with Crippen molar-refractivity contribution >= 4 is 23.9 Å². The SMILES string of the molecule is CC/C=C\C/C=C\C/C=C\C/C=C\C/C=C\CC(=O)OCC(COC1OC(C(=O)O)C(O)C(O)C1OC(=O)CCCCCCCCCCCCCCCCCCCCC)OC(=O)CCCCCCC/C=C\CCCC. The summed E-state index contributed by atoms with van der Waals surface area (Å²) in [7, 11) is 0. The summed E-state index contributed by atoms with van der Waals surface area (Å²) in [5.74, 6) is -3.29. The Kier molecular flexibility index (Phi) is 47.0. The average Bonchev–Trinajstić information content (AvgIpc) is 3.39. The fourth-order valence-electron chi connectivity index (χ4n) is 8.72. The van der Waals surface area contributed by atoms with Gasteiger partial charge >= 0.3 is 23.9 Å². The fraction of sp³-hybridized carbons (Fsp3) is 0.746. The van der Waals surface area contributed by atoms with E-state index in [1.807, 2.05) is 12.2 Å². The number of hydrogen-bond donors (Lipinski definition) is 3. The Hall–Kier alpha value is -3.84. The zero-order valence-corrected chi connectivity index (χ0v) is 47.3. The first-order valence-corrected chi connectivity index (χ1v) is 29.9. The van der Waals surface area contributed by atoms with Crippen LogP contribution in [0.3, 0.4) is 0 Å². The average molecular weight is 1060 g/mol. The van der Waals surface area contributed by atoms with Gasteiger partial charge in [-0.1, -0.05) is 241 Å². The molecule has 12 nitrogen and oxygen atoms in total. The van der Waals surface area contributed by atoms with E-state index in [1.165, 1.54) is 103 Å². The monoisotopic (exact) mass is 1050 g/mol. The number of hydrogen-bond acceptors (Lipinski definition) is 11. The summed E-state index contributed by atoms with van der Waals surface area (Å²) in [6.45, 7) is 5.75. The second-order valence-electron chi connectivity index (χ2n) is 20.3. The maximum absolute atomic E-state index is 13.1. The molecule has 0 aromatic carbocycles. The second-order valence-corrected chi connectivity index (χ2v) is 20.3. The lowest BCUT2D eigenvalue weighted by atomic mass is 9.98. The van der Waals surface area contributed by atoms with Crippen LogP contribution >= 0.6 is 0 Å². The lowest BCUT2D eigenvalue weighted by molar-refractivity contribution is -0.301. The van der Waals surface area contributed by atoms with Gasteiger partial charge in [-0.3, -0.25) is 14.4 Å². The molecule has 0 radical (unpaired) electrons. The smallest absolute Gasteiger partial charge is 0.335 e. The van der Waals surface area contributed by atoms with Crippen LogP contribution < -0.4 is 0 Å². The Morgan fingerprint density at radius 2 is 0.893 bits per heavy atom. The minimum Gasteiger partial charge on any atom is -0.479 e. The topological polar surface area (TPSA) is 175 Å². The number of aliphatic carboxylic acids is 1. The van der Waals surface area contributed by atoms with E-state index >= 15 is 0 Å². The largest absolute Gasteiger partial charge is 0.479 e. The van der Waals surface area contributed by atoms with Crippen LogP contribution in [0.4, 0.5) is 0 Å². The van der Waals surface area contributed by atoms with Crippen LogP contribution in [0, 0.1) is 0 Å². The van der Waals surface area contributed by atoms with Crippen molar-refractivity contribution in [2.75, 3.05) is 13.2 Å². The molecule has 1 heterocycles. The van der Waals surface area contributed by atoms with Crippen LogP contribution in [0.25, 0.3) is 0 Å². The standard InChI is InChI=1S/C63H106O12/c1-4-7-10-13-16-19-22-24-26-27-28-29-31-33-36-39-42-45-48-51-57(66)74-61-59(68)58(67)60(62(69)70)75-63(61)72-53-54(73-56(65)50-47-44-41-38-34-21-18-15-12-9-6-3)52-71-55(64)49-46-43-40-37-35-32-30-25-23-20-17-14-11-8-5-2/h8,11,15,17-18,20,25,30,35,37,43,46,54,58-61,63,67-68H,4-7,9-10,12-14,16,19,21-24,26-29,31-34,36,38-42,44-45,47-53H2,1-3H3,(H,69,70)/b11-8-,18-15-,20-17-,30-25-,37-35-,46-43-. The van der Waals surface area contributed by atoms with E-state index in [0.29, 0.717) is 19.3 Å². The Morgan fingerprint density at radius 1 is 0.467 bits per heavy atom. The predicted octanol–water partition coefficient (Wildman–Crippen LogP) is 15.3. The molecule has 1 saturated heterocycles. The van der Waals surface area contributed by atoms with Crippen LogP contribution in [-0.4, -0.2) is 89.2 Å². The van der Waals surface area contributed by atoms with Crippen LogP contribution in [-0.2, 0) is 42.9 Å². The highest BCUT2D eigenvalue weighted by atomic mass is 16.7. The first kappa shape index (κ1) is 69.2. The highest BCUT2D eigenvalue weighted by Gasteiger charge is 2.50. The molecule has 6 unspecified atom stereocenters. The number of aliphatic hydroxyl groups is 2. The van der Waals surface area contributed by atoms with Gasteiger partial charge in [0, 0.05) is 12.8 Å². The van der Waals surface area contributed by atoms with Gasteiger partial charge in [-0.05, 0) is 64.2 Å². The Morgan fingerprint density at radius 3 is 1.37 bits per heavy atom. The summed E-state index contributed by atoms with van der Waals surface area (Å²) in [4.78, 5) is 51.0. The van der Waals surface area contributed by atoms with Gasteiger partial charge in [-0.15, -0.1) is 0 Å². The quantitative estimate of drug-likeness (QED) is 0.0228.